The zero-order chi connectivity index (χ0) is 14.5. The minimum absolute atomic E-state index is 0.437. The quantitative estimate of drug-likeness (QED) is 0.850. The molecule has 0 N–H and O–H groups in total. The summed E-state index contributed by atoms with van der Waals surface area (Å²) in [5.41, 5.74) is 1.74. The van der Waals surface area contributed by atoms with Gasteiger partial charge in [0, 0.05) is 6.07 Å². The molecule has 0 heterocycles. The topological polar surface area (TPSA) is 66.0 Å². The van der Waals surface area contributed by atoms with E-state index < -0.39 is 0 Å². The molecule has 0 unspecified atom stereocenters. The molecule has 0 amide bonds. The standard InChI is InChI=1S/C16H12N2O2/c1-11-4-3-5-13(10-18)16(11)20-15-7-12(9-17)6-14(8-15)19-2/h3-8H,1-2H3. The van der Waals surface area contributed by atoms with Crippen LogP contribution in [0.2, 0.25) is 0 Å². The van der Waals surface area contributed by atoms with Crippen molar-refractivity contribution in [3.05, 3.63) is 53.1 Å². The van der Waals surface area contributed by atoms with E-state index in [1.165, 1.54) is 7.11 Å². The Morgan fingerprint density at radius 2 is 1.75 bits per heavy atom. The number of hydrogen-bond acceptors (Lipinski definition) is 4. The Balaban J connectivity index is 2.46. The summed E-state index contributed by atoms with van der Waals surface area (Å²) in [6.45, 7) is 1.86. The Hall–Kier alpha value is -2.98. The molecule has 0 atom stereocenters. The number of para-hydroxylation sites is 1. The molecule has 0 saturated heterocycles. The summed E-state index contributed by atoms with van der Waals surface area (Å²) >= 11 is 0. The number of aryl methyl sites for hydroxylation is 1. The van der Waals surface area contributed by atoms with Gasteiger partial charge in [0.15, 0.2) is 0 Å². The van der Waals surface area contributed by atoms with E-state index in [-0.39, 0.29) is 0 Å². The van der Waals surface area contributed by atoms with Gasteiger partial charge in [-0.3, -0.25) is 0 Å². The minimum Gasteiger partial charge on any atom is -0.497 e. The van der Waals surface area contributed by atoms with E-state index in [2.05, 4.69) is 6.07 Å². The van der Waals surface area contributed by atoms with Gasteiger partial charge in [-0.2, -0.15) is 10.5 Å². The molecule has 0 aliphatic carbocycles. The summed E-state index contributed by atoms with van der Waals surface area (Å²) in [6, 6.07) is 14.4. The molecule has 2 aromatic carbocycles. The lowest BCUT2D eigenvalue weighted by Crippen LogP contribution is -1.93. The molecule has 98 valence electrons. The van der Waals surface area contributed by atoms with Crippen LogP contribution >= 0.6 is 0 Å². The largest absolute Gasteiger partial charge is 0.497 e. The Labute approximate surface area is 117 Å². The molecule has 0 radical (unpaired) electrons. The van der Waals surface area contributed by atoms with Crippen molar-refractivity contribution in [2.45, 2.75) is 6.92 Å². The van der Waals surface area contributed by atoms with Crippen LogP contribution in [-0.4, -0.2) is 7.11 Å². The normalized spacial score (nSPS) is 9.40. The predicted molar refractivity (Wildman–Crippen MR) is 73.7 cm³/mol. The van der Waals surface area contributed by atoms with Gasteiger partial charge in [0.05, 0.1) is 24.3 Å². The van der Waals surface area contributed by atoms with E-state index in [9.17, 15) is 0 Å². The van der Waals surface area contributed by atoms with Crippen molar-refractivity contribution in [3.63, 3.8) is 0 Å². The highest BCUT2D eigenvalue weighted by molar-refractivity contribution is 5.52. The second-order valence-corrected chi connectivity index (χ2v) is 4.17. The van der Waals surface area contributed by atoms with Gasteiger partial charge in [-0.25, -0.2) is 0 Å². The maximum atomic E-state index is 9.12. The molecule has 4 nitrogen and oxygen atoms in total. The smallest absolute Gasteiger partial charge is 0.148 e. The van der Waals surface area contributed by atoms with Gasteiger partial charge in [0.1, 0.15) is 23.3 Å². The average molecular weight is 264 g/mol. The summed E-state index contributed by atoms with van der Waals surface area (Å²) in [4.78, 5) is 0. The Bertz CT molecular complexity index is 724. The van der Waals surface area contributed by atoms with Gasteiger partial charge in [-0.05, 0) is 30.7 Å². The number of benzene rings is 2. The van der Waals surface area contributed by atoms with Gasteiger partial charge in [-0.1, -0.05) is 12.1 Å². The highest BCUT2D eigenvalue weighted by atomic mass is 16.5. The molecule has 0 bridgehead atoms. The molecule has 0 saturated carbocycles. The first-order valence-electron chi connectivity index (χ1n) is 5.94. The molecule has 0 aliphatic rings. The third-order valence-electron chi connectivity index (χ3n) is 2.80. The van der Waals surface area contributed by atoms with Crippen LogP contribution in [0.5, 0.6) is 17.2 Å². The zero-order valence-electron chi connectivity index (χ0n) is 11.2. The van der Waals surface area contributed by atoms with Gasteiger partial charge in [0.25, 0.3) is 0 Å². The van der Waals surface area contributed by atoms with Crippen LogP contribution in [0.3, 0.4) is 0 Å². The Morgan fingerprint density at radius 1 is 1.00 bits per heavy atom. The van der Waals surface area contributed by atoms with E-state index in [0.717, 1.165) is 5.56 Å². The predicted octanol–water partition coefficient (Wildman–Crippen LogP) is 3.54. The summed E-state index contributed by atoms with van der Waals surface area (Å²) in [7, 11) is 1.52. The fraction of sp³-hybridized carbons (Fsp3) is 0.125. The first-order chi connectivity index (χ1) is 9.67. The molecule has 0 spiro atoms. The second kappa shape index (κ2) is 5.77. The molecule has 2 aromatic rings. The van der Waals surface area contributed by atoms with Crippen molar-refractivity contribution < 1.29 is 9.47 Å². The van der Waals surface area contributed by atoms with Crippen LogP contribution < -0.4 is 9.47 Å². The van der Waals surface area contributed by atoms with Crippen LogP contribution in [0.1, 0.15) is 16.7 Å². The van der Waals surface area contributed by atoms with Gasteiger partial charge >= 0.3 is 0 Å². The number of methoxy groups -OCH3 is 1. The fourth-order valence-corrected chi connectivity index (χ4v) is 1.81. The van der Waals surface area contributed by atoms with Crippen molar-refractivity contribution in [3.8, 4) is 29.4 Å². The molecule has 0 fully saturated rings. The maximum absolute atomic E-state index is 9.12. The van der Waals surface area contributed by atoms with Crippen LogP contribution in [0.25, 0.3) is 0 Å². The first-order valence-corrected chi connectivity index (χ1v) is 5.94. The Kier molecular flexibility index (Phi) is 3.88. The van der Waals surface area contributed by atoms with E-state index in [1.807, 2.05) is 19.1 Å². The van der Waals surface area contributed by atoms with Gasteiger partial charge in [0.2, 0.25) is 0 Å². The highest BCUT2D eigenvalue weighted by Gasteiger charge is 2.09. The van der Waals surface area contributed by atoms with Crippen LogP contribution in [-0.2, 0) is 0 Å². The number of hydrogen-bond donors (Lipinski definition) is 0. The lowest BCUT2D eigenvalue weighted by Gasteiger charge is -2.11. The molecular weight excluding hydrogens is 252 g/mol. The number of rotatable bonds is 3. The minimum atomic E-state index is 0.437. The third-order valence-corrected chi connectivity index (χ3v) is 2.80. The molecule has 4 heteroatoms. The Morgan fingerprint density at radius 3 is 2.40 bits per heavy atom. The molecule has 0 aliphatic heterocycles. The molecule has 0 aromatic heterocycles. The number of nitrogens with zero attached hydrogens (tertiary/aromatic N) is 2. The SMILES string of the molecule is COc1cc(C#N)cc(Oc2c(C)cccc2C#N)c1. The van der Waals surface area contributed by atoms with Crippen LogP contribution in [0, 0.1) is 29.6 Å². The van der Waals surface area contributed by atoms with Crippen molar-refractivity contribution in [2.24, 2.45) is 0 Å². The second-order valence-electron chi connectivity index (χ2n) is 4.17. The van der Waals surface area contributed by atoms with Crippen LogP contribution in [0.4, 0.5) is 0 Å². The van der Waals surface area contributed by atoms with Crippen molar-refractivity contribution >= 4 is 0 Å². The van der Waals surface area contributed by atoms with Gasteiger partial charge in [-0.15, -0.1) is 0 Å². The summed E-state index contributed by atoms with van der Waals surface area (Å²) in [5.74, 6) is 1.49. The fourth-order valence-electron chi connectivity index (χ4n) is 1.81. The van der Waals surface area contributed by atoms with Crippen molar-refractivity contribution in [1.82, 2.24) is 0 Å². The lowest BCUT2D eigenvalue weighted by atomic mass is 10.1. The lowest BCUT2D eigenvalue weighted by molar-refractivity contribution is 0.408. The molecule has 20 heavy (non-hydrogen) atoms. The van der Waals surface area contributed by atoms with Crippen molar-refractivity contribution in [2.75, 3.05) is 7.11 Å². The van der Waals surface area contributed by atoms with Gasteiger partial charge < -0.3 is 9.47 Å². The number of ether oxygens (including phenoxy) is 2. The first kappa shape index (κ1) is 13.5. The molecular formula is C16H12N2O2. The van der Waals surface area contributed by atoms with E-state index in [1.54, 1.807) is 30.3 Å². The molecule has 2 rings (SSSR count). The van der Waals surface area contributed by atoms with Crippen molar-refractivity contribution in [1.29, 1.82) is 10.5 Å². The van der Waals surface area contributed by atoms with E-state index in [4.69, 9.17) is 20.0 Å². The summed E-state index contributed by atoms with van der Waals surface area (Å²) in [6.07, 6.45) is 0. The summed E-state index contributed by atoms with van der Waals surface area (Å²) in [5, 5.41) is 18.1. The maximum Gasteiger partial charge on any atom is 0.148 e. The zero-order valence-corrected chi connectivity index (χ0v) is 11.2. The van der Waals surface area contributed by atoms with E-state index >= 15 is 0 Å². The average Bonchev–Trinajstić information content (AvgIpc) is 2.48. The third kappa shape index (κ3) is 2.71. The highest BCUT2D eigenvalue weighted by Crippen LogP contribution is 2.31. The van der Waals surface area contributed by atoms with E-state index in [0.29, 0.717) is 28.4 Å². The van der Waals surface area contributed by atoms with Crippen LogP contribution in [0.15, 0.2) is 36.4 Å². The summed E-state index contributed by atoms with van der Waals surface area (Å²) < 4.78 is 10.9. The number of nitriles is 2. The monoisotopic (exact) mass is 264 g/mol.